The third-order valence-electron chi connectivity index (χ3n) is 2.54. The Labute approximate surface area is 126 Å². The van der Waals surface area contributed by atoms with Crippen LogP contribution in [0.2, 0.25) is 0 Å². The zero-order valence-electron chi connectivity index (χ0n) is 11.6. The van der Waals surface area contributed by atoms with E-state index in [1.165, 1.54) is 36.8 Å². The van der Waals surface area contributed by atoms with Gasteiger partial charge in [0.15, 0.2) is 0 Å². The first-order valence-electron chi connectivity index (χ1n) is 6.28. The third kappa shape index (κ3) is 10.7. The van der Waals surface area contributed by atoms with Crippen LogP contribution in [0.25, 0.3) is 0 Å². The minimum absolute atomic E-state index is 0. The van der Waals surface area contributed by atoms with E-state index in [0.717, 1.165) is 0 Å². The zero-order chi connectivity index (χ0) is 11.6. The topological polar surface area (TPSA) is 0 Å². The molecule has 106 valence electrons. The quantitative estimate of drug-likeness (QED) is 0.618. The number of hydrogen-bond acceptors (Lipinski definition) is 0. The SMILES string of the molecule is CCC[c-]1cccc1.CCC[c-]1cccc1.[Cr+4].[F-].[F-]. The molecule has 0 heterocycles. The van der Waals surface area contributed by atoms with Gasteiger partial charge in [-0.25, -0.2) is 24.3 Å². The van der Waals surface area contributed by atoms with Gasteiger partial charge in [-0.2, -0.15) is 35.4 Å². The summed E-state index contributed by atoms with van der Waals surface area (Å²) in [6, 6.07) is 17.0. The van der Waals surface area contributed by atoms with Crippen LogP contribution in [0.1, 0.15) is 37.8 Å². The molecule has 0 spiro atoms. The number of halogens is 2. The van der Waals surface area contributed by atoms with Crippen LogP contribution in [0.4, 0.5) is 0 Å². The number of hydrogen-bond donors (Lipinski definition) is 0. The summed E-state index contributed by atoms with van der Waals surface area (Å²) in [7, 11) is 0. The molecule has 0 aliphatic rings. The molecular weight excluding hydrogens is 282 g/mol. The maximum absolute atomic E-state index is 2.20. The van der Waals surface area contributed by atoms with E-state index >= 15 is 0 Å². The van der Waals surface area contributed by atoms with Crippen molar-refractivity contribution < 1.29 is 26.8 Å². The fraction of sp³-hybridized carbons (Fsp3) is 0.375. The Bertz CT molecular complexity index is 302. The molecule has 0 saturated carbocycles. The van der Waals surface area contributed by atoms with Gasteiger partial charge in [0, 0.05) is 0 Å². The Morgan fingerprint density at radius 1 is 0.632 bits per heavy atom. The summed E-state index contributed by atoms with van der Waals surface area (Å²) in [5, 5.41) is 0. The maximum atomic E-state index is 2.20. The van der Waals surface area contributed by atoms with Crippen LogP contribution in [0.5, 0.6) is 0 Å². The third-order valence-corrected chi connectivity index (χ3v) is 2.54. The van der Waals surface area contributed by atoms with Crippen molar-refractivity contribution in [2.45, 2.75) is 39.5 Å². The molecule has 0 atom stereocenters. The molecule has 2 aromatic carbocycles. The first kappa shape index (κ1) is 23.2. The van der Waals surface area contributed by atoms with Crippen LogP contribution >= 0.6 is 0 Å². The summed E-state index contributed by atoms with van der Waals surface area (Å²) < 4.78 is 0. The Morgan fingerprint density at radius 3 is 1.11 bits per heavy atom. The monoisotopic (exact) mass is 304 g/mol. The summed E-state index contributed by atoms with van der Waals surface area (Å²) in [5.41, 5.74) is 2.93. The second kappa shape index (κ2) is 15.2. The molecule has 0 bridgehead atoms. The number of aryl methyl sites for hydroxylation is 2. The second-order valence-corrected chi connectivity index (χ2v) is 4.09. The summed E-state index contributed by atoms with van der Waals surface area (Å²) in [4.78, 5) is 0. The molecule has 0 aliphatic heterocycles. The maximum Gasteiger partial charge on any atom is 4.00 e. The van der Waals surface area contributed by atoms with Gasteiger partial charge in [0.2, 0.25) is 0 Å². The molecule has 0 aliphatic carbocycles. The molecule has 0 nitrogen and oxygen atoms in total. The standard InChI is InChI=1S/2C8H11.Cr.2FH/c2*1-2-5-8-6-3-4-7-8;;;/h2*3-4,6-7H,2,5H2,1H3;;2*1H/q2*-1;+4;;/p-2. The van der Waals surface area contributed by atoms with Gasteiger partial charge in [0.05, 0.1) is 0 Å². The molecule has 0 saturated heterocycles. The normalized spacial score (nSPS) is 8.11. The molecular formula is C16H22CrF2. The molecule has 0 fully saturated rings. The Hall–Kier alpha value is -0.908. The van der Waals surface area contributed by atoms with Crippen LogP contribution in [0, 0.1) is 0 Å². The van der Waals surface area contributed by atoms with Crippen molar-refractivity contribution >= 4 is 0 Å². The average Bonchev–Trinajstić information content (AvgIpc) is 2.92. The Balaban J connectivity index is -0.000000233. The van der Waals surface area contributed by atoms with Crippen molar-refractivity contribution in [2.24, 2.45) is 0 Å². The molecule has 0 amide bonds. The Morgan fingerprint density at radius 2 is 0.895 bits per heavy atom. The van der Waals surface area contributed by atoms with E-state index in [1.807, 2.05) is 0 Å². The molecule has 0 unspecified atom stereocenters. The van der Waals surface area contributed by atoms with Gasteiger partial charge < -0.3 is 9.41 Å². The van der Waals surface area contributed by atoms with E-state index in [0.29, 0.717) is 0 Å². The molecule has 3 heteroatoms. The molecule has 0 N–H and O–H groups in total. The van der Waals surface area contributed by atoms with Crippen LogP contribution in [0.15, 0.2) is 48.5 Å². The summed E-state index contributed by atoms with van der Waals surface area (Å²) >= 11 is 0. The largest absolute Gasteiger partial charge is 4.00 e. The van der Waals surface area contributed by atoms with E-state index in [9.17, 15) is 0 Å². The van der Waals surface area contributed by atoms with Crippen molar-refractivity contribution in [3.63, 3.8) is 0 Å². The summed E-state index contributed by atoms with van der Waals surface area (Å²) in [6.45, 7) is 4.40. The van der Waals surface area contributed by atoms with E-state index in [-0.39, 0.29) is 26.8 Å². The molecule has 2 aromatic rings. The molecule has 19 heavy (non-hydrogen) atoms. The molecule has 0 aromatic heterocycles. The van der Waals surface area contributed by atoms with Gasteiger partial charge in [0.1, 0.15) is 0 Å². The van der Waals surface area contributed by atoms with Gasteiger partial charge in [-0.3, -0.25) is 0 Å². The van der Waals surface area contributed by atoms with Gasteiger partial charge in [0.25, 0.3) is 0 Å². The minimum Gasteiger partial charge on any atom is -1.00 e. The van der Waals surface area contributed by atoms with Crippen LogP contribution in [-0.2, 0) is 30.2 Å². The molecule has 0 radical (unpaired) electrons. The van der Waals surface area contributed by atoms with Crippen molar-refractivity contribution in [3.8, 4) is 0 Å². The van der Waals surface area contributed by atoms with E-state index in [2.05, 4.69) is 62.4 Å². The zero-order valence-corrected chi connectivity index (χ0v) is 12.9. The minimum atomic E-state index is 0. The summed E-state index contributed by atoms with van der Waals surface area (Å²) in [5.74, 6) is 0. The predicted octanol–water partition coefficient (Wildman–Crippen LogP) is -1.28. The van der Waals surface area contributed by atoms with Crippen LogP contribution in [0.3, 0.4) is 0 Å². The van der Waals surface area contributed by atoms with Crippen LogP contribution < -0.4 is 9.41 Å². The fourth-order valence-electron chi connectivity index (χ4n) is 1.74. The van der Waals surface area contributed by atoms with Gasteiger partial charge in [-0.15, -0.1) is 0 Å². The van der Waals surface area contributed by atoms with Crippen molar-refractivity contribution in [2.75, 3.05) is 0 Å². The second-order valence-electron chi connectivity index (χ2n) is 4.09. The van der Waals surface area contributed by atoms with Gasteiger partial charge >= 0.3 is 17.4 Å². The van der Waals surface area contributed by atoms with Gasteiger partial charge in [-0.05, 0) is 0 Å². The van der Waals surface area contributed by atoms with Crippen molar-refractivity contribution in [1.82, 2.24) is 0 Å². The van der Waals surface area contributed by atoms with E-state index < -0.39 is 0 Å². The first-order chi connectivity index (χ1) is 7.86. The summed E-state index contributed by atoms with van der Waals surface area (Å²) in [6.07, 6.45) is 4.97. The Kier molecular flexibility index (Phi) is 18.5. The van der Waals surface area contributed by atoms with E-state index in [1.54, 1.807) is 0 Å². The van der Waals surface area contributed by atoms with Crippen molar-refractivity contribution in [1.29, 1.82) is 0 Å². The number of rotatable bonds is 4. The smallest absolute Gasteiger partial charge is 1.00 e. The molecule has 2 rings (SSSR count). The van der Waals surface area contributed by atoms with Crippen molar-refractivity contribution in [3.05, 3.63) is 59.7 Å². The first-order valence-corrected chi connectivity index (χ1v) is 6.28. The van der Waals surface area contributed by atoms with Crippen LogP contribution in [-0.4, -0.2) is 0 Å². The predicted molar refractivity (Wildman–Crippen MR) is 72.1 cm³/mol. The van der Waals surface area contributed by atoms with Gasteiger partial charge in [-0.1, -0.05) is 39.5 Å². The fourth-order valence-corrected chi connectivity index (χ4v) is 1.74. The average molecular weight is 304 g/mol. The van der Waals surface area contributed by atoms with E-state index in [4.69, 9.17) is 0 Å².